The quantitative estimate of drug-likeness (QED) is 0.803. The third-order valence-electron chi connectivity index (χ3n) is 3.23. The molecule has 0 fully saturated rings. The lowest BCUT2D eigenvalue weighted by Gasteiger charge is -2.02. The topological polar surface area (TPSA) is 72.7 Å². The second-order valence-corrected chi connectivity index (χ2v) is 5.61. The minimum absolute atomic E-state index is 0.278. The zero-order chi connectivity index (χ0) is 15.5. The van der Waals surface area contributed by atoms with E-state index in [-0.39, 0.29) is 5.91 Å². The van der Waals surface area contributed by atoms with E-state index in [1.165, 1.54) is 17.1 Å². The Kier molecular flexibility index (Phi) is 3.97. The maximum atomic E-state index is 12.4. The second kappa shape index (κ2) is 6.07. The maximum Gasteiger partial charge on any atom is 0.277 e. The first-order valence-electron chi connectivity index (χ1n) is 6.90. The first-order valence-corrected chi connectivity index (χ1v) is 7.68. The summed E-state index contributed by atoms with van der Waals surface area (Å²) >= 11 is 1.21. The van der Waals surface area contributed by atoms with Crippen LogP contribution in [0.2, 0.25) is 0 Å². The Hall–Kier alpha value is -2.54. The van der Waals surface area contributed by atoms with Crippen LogP contribution in [0.25, 0.3) is 10.4 Å². The minimum atomic E-state index is -0.278. The molecule has 7 heteroatoms. The van der Waals surface area contributed by atoms with Gasteiger partial charge in [-0.25, -0.2) is 0 Å². The number of anilines is 1. The molecule has 0 saturated carbocycles. The summed E-state index contributed by atoms with van der Waals surface area (Å²) in [6.07, 6.45) is 3.40. The maximum absolute atomic E-state index is 12.4. The lowest BCUT2D eigenvalue weighted by Crippen LogP contribution is -2.13. The smallest absolute Gasteiger partial charge is 0.277 e. The third-order valence-corrected chi connectivity index (χ3v) is 4.01. The summed E-state index contributed by atoms with van der Waals surface area (Å²) in [5.41, 5.74) is 3.09. The van der Waals surface area contributed by atoms with Gasteiger partial charge in [0.15, 0.2) is 5.69 Å². The molecule has 0 bridgehead atoms. The number of benzene rings is 1. The SMILES string of the molecule is CCn1cc(NC(=O)c2nnsc2-c2ccc(C)cc2)cn1. The molecule has 0 aliphatic carbocycles. The van der Waals surface area contributed by atoms with E-state index in [0.29, 0.717) is 11.4 Å². The van der Waals surface area contributed by atoms with Crippen molar-refractivity contribution in [2.75, 3.05) is 5.32 Å². The Morgan fingerprint density at radius 2 is 2.09 bits per heavy atom. The van der Waals surface area contributed by atoms with Crippen molar-refractivity contribution in [3.8, 4) is 10.4 Å². The lowest BCUT2D eigenvalue weighted by molar-refractivity contribution is 0.102. The van der Waals surface area contributed by atoms with Crippen molar-refractivity contribution in [1.29, 1.82) is 0 Å². The van der Waals surface area contributed by atoms with Gasteiger partial charge in [-0.3, -0.25) is 9.48 Å². The Bertz CT molecular complexity index is 790. The van der Waals surface area contributed by atoms with Crippen LogP contribution in [0.4, 0.5) is 5.69 Å². The first-order chi connectivity index (χ1) is 10.7. The summed E-state index contributed by atoms with van der Waals surface area (Å²) in [4.78, 5) is 13.2. The van der Waals surface area contributed by atoms with Crippen molar-refractivity contribution in [1.82, 2.24) is 19.4 Å². The molecular weight excluding hydrogens is 298 g/mol. The van der Waals surface area contributed by atoms with E-state index in [0.717, 1.165) is 17.0 Å². The molecule has 1 amide bonds. The number of nitrogens with zero attached hydrogens (tertiary/aromatic N) is 4. The molecule has 22 heavy (non-hydrogen) atoms. The second-order valence-electron chi connectivity index (χ2n) is 4.86. The Morgan fingerprint density at radius 3 is 2.77 bits per heavy atom. The zero-order valence-electron chi connectivity index (χ0n) is 12.3. The number of nitrogens with one attached hydrogen (secondary N) is 1. The molecule has 0 atom stereocenters. The van der Waals surface area contributed by atoms with E-state index in [1.807, 2.05) is 38.1 Å². The number of aryl methyl sites for hydroxylation is 2. The fourth-order valence-electron chi connectivity index (χ4n) is 2.02. The number of rotatable bonds is 4. The highest BCUT2D eigenvalue weighted by atomic mass is 32.1. The van der Waals surface area contributed by atoms with Crippen molar-refractivity contribution in [3.63, 3.8) is 0 Å². The number of carbonyl (C=O) groups is 1. The van der Waals surface area contributed by atoms with Crippen LogP contribution in [0.15, 0.2) is 36.7 Å². The van der Waals surface area contributed by atoms with Crippen molar-refractivity contribution in [2.45, 2.75) is 20.4 Å². The van der Waals surface area contributed by atoms with Crippen LogP contribution >= 0.6 is 11.5 Å². The fraction of sp³-hybridized carbons (Fsp3) is 0.200. The van der Waals surface area contributed by atoms with Gasteiger partial charge in [0.25, 0.3) is 5.91 Å². The van der Waals surface area contributed by atoms with Crippen LogP contribution in [0, 0.1) is 6.92 Å². The molecule has 112 valence electrons. The Labute approximate surface area is 132 Å². The Balaban J connectivity index is 1.84. The van der Waals surface area contributed by atoms with Gasteiger partial charge in [-0.1, -0.05) is 34.3 Å². The van der Waals surface area contributed by atoms with Gasteiger partial charge in [0.2, 0.25) is 0 Å². The summed E-state index contributed by atoms with van der Waals surface area (Å²) < 4.78 is 5.66. The van der Waals surface area contributed by atoms with Crippen LogP contribution in [-0.4, -0.2) is 25.3 Å². The predicted molar refractivity (Wildman–Crippen MR) is 85.9 cm³/mol. The summed E-state index contributed by atoms with van der Waals surface area (Å²) in [6.45, 7) is 4.76. The van der Waals surface area contributed by atoms with Gasteiger partial charge in [-0.2, -0.15) is 5.10 Å². The van der Waals surface area contributed by atoms with E-state index in [9.17, 15) is 4.79 Å². The third kappa shape index (κ3) is 2.89. The van der Waals surface area contributed by atoms with E-state index in [2.05, 4.69) is 20.0 Å². The molecule has 0 radical (unpaired) electrons. The van der Waals surface area contributed by atoms with Gasteiger partial charge in [0, 0.05) is 12.7 Å². The summed E-state index contributed by atoms with van der Waals surface area (Å²) in [5, 5.41) is 10.9. The molecule has 2 aromatic heterocycles. The highest BCUT2D eigenvalue weighted by Crippen LogP contribution is 2.26. The molecular formula is C15H15N5OS. The van der Waals surface area contributed by atoms with Crippen LogP contribution in [-0.2, 0) is 6.54 Å². The van der Waals surface area contributed by atoms with Crippen LogP contribution < -0.4 is 5.32 Å². The number of carbonyl (C=O) groups excluding carboxylic acids is 1. The summed E-state index contributed by atoms with van der Waals surface area (Å²) in [6, 6.07) is 7.94. The molecule has 3 aromatic rings. The molecule has 3 rings (SSSR count). The molecule has 0 saturated heterocycles. The monoisotopic (exact) mass is 313 g/mol. The normalized spacial score (nSPS) is 10.6. The zero-order valence-corrected chi connectivity index (χ0v) is 13.1. The lowest BCUT2D eigenvalue weighted by atomic mass is 10.1. The van der Waals surface area contributed by atoms with Gasteiger partial charge >= 0.3 is 0 Å². The predicted octanol–water partition coefficient (Wildman–Crippen LogP) is 2.98. The molecule has 6 nitrogen and oxygen atoms in total. The molecule has 0 aliphatic rings. The van der Waals surface area contributed by atoms with E-state index in [1.54, 1.807) is 17.1 Å². The minimum Gasteiger partial charge on any atom is -0.318 e. The average Bonchev–Trinajstić information content (AvgIpc) is 3.16. The number of amides is 1. The molecule has 1 aromatic carbocycles. The Morgan fingerprint density at radius 1 is 1.32 bits per heavy atom. The van der Waals surface area contributed by atoms with Crippen molar-refractivity contribution < 1.29 is 4.79 Å². The van der Waals surface area contributed by atoms with Gasteiger partial charge < -0.3 is 5.32 Å². The van der Waals surface area contributed by atoms with Crippen molar-refractivity contribution in [3.05, 3.63) is 47.9 Å². The molecule has 2 heterocycles. The molecule has 0 unspecified atom stereocenters. The van der Waals surface area contributed by atoms with Gasteiger partial charge in [-0.05, 0) is 30.9 Å². The van der Waals surface area contributed by atoms with E-state index in [4.69, 9.17) is 0 Å². The first kappa shape index (κ1) is 14.4. The van der Waals surface area contributed by atoms with Crippen LogP contribution in [0.1, 0.15) is 23.0 Å². The largest absolute Gasteiger partial charge is 0.318 e. The van der Waals surface area contributed by atoms with Crippen molar-refractivity contribution >= 4 is 23.1 Å². The number of aromatic nitrogens is 4. The summed E-state index contributed by atoms with van der Waals surface area (Å²) in [7, 11) is 0. The van der Waals surface area contributed by atoms with Crippen LogP contribution in [0.5, 0.6) is 0 Å². The highest BCUT2D eigenvalue weighted by Gasteiger charge is 2.18. The highest BCUT2D eigenvalue weighted by molar-refractivity contribution is 7.09. The van der Waals surface area contributed by atoms with E-state index >= 15 is 0 Å². The molecule has 1 N–H and O–H groups in total. The van der Waals surface area contributed by atoms with E-state index < -0.39 is 0 Å². The fourth-order valence-corrected chi connectivity index (χ4v) is 2.69. The van der Waals surface area contributed by atoms with Crippen molar-refractivity contribution in [2.24, 2.45) is 0 Å². The van der Waals surface area contributed by atoms with Gasteiger partial charge in [0.1, 0.15) is 0 Å². The summed E-state index contributed by atoms with van der Waals surface area (Å²) in [5.74, 6) is -0.278. The number of hydrogen-bond acceptors (Lipinski definition) is 5. The number of hydrogen-bond donors (Lipinski definition) is 1. The molecule has 0 aliphatic heterocycles. The molecule has 0 spiro atoms. The van der Waals surface area contributed by atoms with Crippen LogP contribution in [0.3, 0.4) is 0 Å². The van der Waals surface area contributed by atoms with Gasteiger partial charge in [0.05, 0.1) is 16.8 Å². The van der Waals surface area contributed by atoms with Gasteiger partial charge in [-0.15, -0.1) is 5.10 Å². The standard InChI is InChI=1S/C15H15N5OS/c1-3-20-9-12(8-16-20)17-15(21)13-14(22-19-18-13)11-6-4-10(2)5-7-11/h4-9H,3H2,1-2H3,(H,17,21). The average molecular weight is 313 g/mol.